The lowest BCUT2D eigenvalue weighted by atomic mass is 10.3. The van der Waals surface area contributed by atoms with Crippen molar-refractivity contribution < 1.29 is 4.92 Å². The molecule has 0 aliphatic carbocycles. The van der Waals surface area contributed by atoms with Crippen LogP contribution in [0.15, 0.2) is 24.3 Å². The van der Waals surface area contributed by atoms with E-state index in [4.69, 9.17) is 0 Å². The van der Waals surface area contributed by atoms with E-state index in [9.17, 15) is 10.1 Å². The normalized spacial score (nSPS) is 10.2. The maximum Gasteiger partial charge on any atom is 0.333 e. The van der Waals surface area contributed by atoms with Crippen molar-refractivity contribution >= 4 is 39.8 Å². The number of anilines is 2. The Kier molecular flexibility index (Phi) is 3.27. The minimum absolute atomic E-state index is 0.0245. The van der Waals surface area contributed by atoms with Gasteiger partial charge in [-0.05, 0) is 53.8 Å². The Hall–Kier alpha value is -1.64. The van der Waals surface area contributed by atoms with E-state index in [1.807, 2.05) is 24.3 Å². The Balaban J connectivity index is 2.30. The van der Waals surface area contributed by atoms with Gasteiger partial charge in [-0.15, -0.1) is 5.10 Å². The van der Waals surface area contributed by atoms with Crippen LogP contribution in [0, 0.1) is 20.6 Å². The van der Waals surface area contributed by atoms with Gasteiger partial charge < -0.3 is 5.32 Å². The first-order valence-electron chi connectivity index (χ1n) is 4.80. The van der Waals surface area contributed by atoms with Crippen LogP contribution in [-0.2, 0) is 0 Å². The van der Waals surface area contributed by atoms with Crippen LogP contribution in [0.3, 0.4) is 0 Å². The van der Waals surface area contributed by atoms with Gasteiger partial charge in [-0.3, -0.25) is 15.2 Å². The number of hydrogen-bond donors (Lipinski definition) is 2. The lowest BCUT2D eigenvalue weighted by molar-refractivity contribution is -0.384. The molecule has 2 rings (SSSR count). The summed E-state index contributed by atoms with van der Waals surface area (Å²) >= 11 is 2.19. The van der Waals surface area contributed by atoms with E-state index in [0.29, 0.717) is 5.69 Å². The van der Waals surface area contributed by atoms with Crippen LogP contribution in [0.2, 0.25) is 0 Å². The molecule has 7 heteroatoms. The highest BCUT2D eigenvalue weighted by molar-refractivity contribution is 14.1. The van der Waals surface area contributed by atoms with E-state index in [2.05, 4.69) is 38.1 Å². The number of hydrogen-bond acceptors (Lipinski definition) is 4. The average molecular weight is 344 g/mol. The highest BCUT2D eigenvalue weighted by atomic mass is 127. The van der Waals surface area contributed by atoms with Crippen molar-refractivity contribution in [2.24, 2.45) is 0 Å². The molecule has 0 unspecified atom stereocenters. The third-order valence-corrected chi connectivity index (χ3v) is 2.92. The van der Waals surface area contributed by atoms with Gasteiger partial charge in [-0.2, -0.15) is 0 Å². The van der Waals surface area contributed by atoms with Gasteiger partial charge in [0.2, 0.25) is 5.82 Å². The van der Waals surface area contributed by atoms with E-state index >= 15 is 0 Å². The molecule has 1 aromatic heterocycles. The number of aryl methyl sites for hydroxylation is 1. The molecule has 1 heterocycles. The van der Waals surface area contributed by atoms with Crippen LogP contribution in [0.4, 0.5) is 17.2 Å². The first-order valence-corrected chi connectivity index (χ1v) is 5.88. The molecule has 0 saturated carbocycles. The number of nitrogens with one attached hydrogen (secondary N) is 2. The molecule has 0 atom stereocenters. The van der Waals surface area contributed by atoms with Gasteiger partial charge in [-0.25, -0.2) is 0 Å². The van der Waals surface area contributed by atoms with Crippen LogP contribution in [0.25, 0.3) is 0 Å². The summed E-state index contributed by atoms with van der Waals surface area (Å²) in [6.07, 6.45) is 0. The zero-order valence-corrected chi connectivity index (χ0v) is 11.1. The fourth-order valence-electron chi connectivity index (χ4n) is 1.40. The second-order valence-corrected chi connectivity index (χ2v) is 4.68. The first-order chi connectivity index (χ1) is 8.08. The molecule has 0 saturated heterocycles. The molecule has 0 bridgehead atoms. The molecule has 0 spiro atoms. The Morgan fingerprint density at radius 2 is 2.06 bits per heavy atom. The predicted molar refractivity (Wildman–Crippen MR) is 72.4 cm³/mol. The summed E-state index contributed by atoms with van der Waals surface area (Å²) in [5.41, 5.74) is 1.17. The van der Waals surface area contributed by atoms with Crippen LogP contribution < -0.4 is 5.32 Å². The second-order valence-electron chi connectivity index (χ2n) is 3.43. The molecule has 0 amide bonds. The number of benzene rings is 1. The SMILES string of the molecule is Cc1[nH]nc(Nc2ccc(I)cc2)c1[N+](=O)[O-]. The zero-order chi connectivity index (χ0) is 12.4. The van der Waals surface area contributed by atoms with Crippen LogP contribution >= 0.6 is 22.6 Å². The molecule has 0 fully saturated rings. The van der Waals surface area contributed by atoms with Crippen molar-refractivity contribution in [3.63, 3.8) is 0 Å². The molecule has 0 radical (unpaired) electrons. The number of halogens is 1. The van der Waals surface area contributed by atoms with Gasteiger partial charge in [-0.1, -0.05) is 0 Å². The van der Waals surface area contributed by atoms with E-state index in [1.54, 1.807) is 6.92 Å². The molecule has 6 nitrogen and oxygen atoms in total. The molecule has 0 aliphatic rings. The maximum atomic E-state index is 10.9. The summed E-state index contributed by atoms with van der Waals surface area (Å²) in [7, 11) is 0. The largest absolute Gasteiger partial charge is 0.333 e. The molecule has 2 N–H and O–H groups in total. The predicted octanol–water partition coefficient (Wildman–Crippen LogP) is 2.97. The summed E-state index contributed by atoms with van der Waals surface area (Å²) in [6.45, 7) is 1.62. The molecule has 0 aliphatic heterocycles. The van der Waals surface area contributed by atoms with Crippen molar-refractivity contribution in [1.29, 1.82) is 0 Å². The standard InChI is InChI=1S/C10H9IN4O2/c1-6-9(15(16)17)10(14-13-6)12-8-4-2-7(11)3-5-8/h2-5H,1H3,(H2,12,13,14). The van der Waals surface area contributed by atoms with Gasteiger partial charge in [0.1, 0.15) is 5.69 Å². The van der Waals surface area contributed by atoms with Gasteiger partial charge in [0, 0.05) is 9.26 Å². The summed E-state index contributed by atoms with van der Waals surface area (Å²) in [5, 5.41) is 20.2. The summed E-state index contributed by atoms with van der Waals surface area (Å²) in [5.74, 6) is 0.230. The van der Waals surface area contributed by atoms with E-state index < -0.39 is 4.92 Å². The maximum absolute atomic E-state index is 10.9. The molecular weight excluding hydrogens is 335 g/mol. The second kappa shape index (κ2) is 4.70. The van der Waals surface area contributed by atoms with Crippen molar-refractivity contribution in [1.82, 2.24) is 10.2 Å². The Morgan fingerprint density at radius 3 is 2.65 bits per heavy atom. The number of rotatable bonds is 3. The smallest absolute Gasteiger partial charge is 0.333 e. The molecule has 17 heavy (non-hydrogen) atoms. The lowest BCUT2D eigenvalue weighted by Gasteiger charge is -2.02. The zero-order valence-electron chi connectivity index (χ0n) is 8.90. The topological polar surface area (TPSA) is 83.8 Å². The molecule has 1 aromatic carbocycles. The van der Waals surface area contributed by atoms with Crippen molar-refractivity contribution in [2.75, 3.05) is 5.32 Å². The minimum atomic E-state index is -0.451. The van der Waals surface area contributed by atoms with Crippen molar-refractivity contribution in [3.05, 3.63) is 43.6 Å². The van der Waals surface area contributed by atoms with E-state index in [0.717, 1.165) is 9.26 Å². The number of nitrogens with zero attached hydrogens (tertiary/aromatic N) is 2. The summed E-state index contributed by atoms with van der Waals surface area (Å²) < 4.78 is 1.10. The summed E-state index contributed by atoms with van der Waals surface area (Å²) in [4.78, 5) is 10.4. The van der Waals surface area contributed by atoms with Gasteiger partial charge in [0.25, 0.3) is 0 Å². The van der Waals surface area contributed by atoms with E-state index in [-0.39, 0.29) is 11.5 Å². The monoisotopic (exact) mass is 344 g/mol. The van der Waals surface area contributed by atoms with Gasteiger partial charge >= 0.3 is 5.69 Å². The minimum Gasteiger partial charge on any atom is -0.333 e. The third-order valence-electron chi connectivity index (χ3n) is 2.20. The van der Waals surface area contributed by atoms with Crippen LogP contribution in [-0.4, -0.2) is 15.1 Å². The third kappa shape index (κ3) is 2.54. The Bertz CT molecular complexity index is 550. The Morgan fingerprint density at radius 1 is 1.41 bits per heavy atom. The highest BCUT2D eigenvalue weighted by Crippen LogP contribution is 2.28. The van der Waals surface area contributed by atoms with Crippen molar-refractivity contribution in [2.45, 2.75) is 6.92 Å². The van der Waals surface area contributed by atoms with Crippen LogP contribution in [0.1, 0.15) is 5.69 Å². The fraction of sp³-hybridized carbons (Fsp3) is 0.100. The molecule has 88 valence electrons. The number of nitro groups is 1. The lowest BCUT2D eigenvalue weighted by Crippen LogP contribution is -1.96. The number of aromatic amines is 1. The number of H-pyrrole nitrogens is 1. The average Bonchev–Trinajstić information content (AvgIpc) is 2.63. The Labute approximate surface area is 111 Å². The quantitative estimate of drug-likeness (QED) is 0.509. The molecular formula is C10H9IN4O2. The fourth-order valence-corrected chi connectivity index (χ4v) is 1.76. The highest BCUT2D eigenvalue weighted by Gasteiger charge is 2.21. The van der Waals surface area contributed by atoms with Crippen molar-refractivity contribution in [3.8, 4) is 0 Å². The van der Waals surface area contributed by atoms with Gasteiger partial charge in [0.05, 0.1) is 4.92 Å². The first kappa shape index (κ1) is 11.8. The molecule has 2 aromatic rings. The van der Waals surface area contributed by atoms with E-state index in [1.165, 1.54) is 0 Å². The number of aromatic nitrogens is 2. The van der Waals surface area contributed by atoms with Crippen LogP contribution in [0.5, 0.6) is 0 Å². The van der Waals surface area contributed by atoms with Gasteiger partial charge in [0.15, 0.2) is 0 Å². The summed E-state index contributed by atoms with van der Waals surface area (Å²) in [6, 6.07) is 7.51.